The number of rotatable bonds is 4. The second-order valence-corrected chi connectivity index (χ2v) is 3.94. The summed E-state index contributed by atoms with van der Waals surface area (Å²) in [6.07, 6.45) is 0.260. The van der Waals surface area contributed by atoms with E-state index in [0.29, 0.717) is 13.2 Å². The van der Waals surface area contributed by atoms with Crippen LogP contribution in [0.1, 0.15) is 18.5 Å². The Hall–Kier alpha value is -0.900. The van der Waals surface area contributed by atoms with E-state index in [2.05, 4.69) is 0 Å². The van der Waals surface area contributed by atoms with Gasteiger partial charge in [-0.15, -0.1) is 0 Å². The summed E-state index contributed by atoms with van der Waals surface area (Å²) in [5.41, 5.74) is 7.22. The standard InChI is InChI=1S/C12H17NO2/c1-9(15-11-7-14-8-11)12(13)10-5-3-2-4-6-10/h2-6,9,11-12H,7-8,13H2,1H3. The zero-order valence-corrected chi connectivity index (χ0v) is 8.93. The molecule has 82 valence electrons. The van der Waals surface area contributed by atoms with Crippen LogP contribution in [0.3, 0.4) is 0 Å². The number of hydrogen-bond donors (Lipinski definition) is 1. The predicted molar refractivity (Wildman–Crippen MR) is 58.5 cm³/mol. The second-order valence-electron chi connectivity index (χ2n) is 3.94. The highest BCUT2D eigenvalue weighted by Gasteiger charge is 2.24. The van der Waals surface area contributed by atoms with Crippen molar-refractivity contribution in [1.82, 2.24) is 0 Å². The average molecular weight is 207 g/mol. The van der Waals surface area contributed by atoms with E-state index in [4.69, 9.17) is 15.2 Å². The monoisotopic (exact) mass is 207 g/mol. The lowest BCUT2D eigenvalue weighted by Crippen LogP contribution is -2.41. The molecule has 1 heterocycles. The van der Waals surface area contributed by atoms with Gasteiger partial charge < -0.3 is 15.2 Å². The maximum atomic E-state index is 6.10. The van der Waals surface area contributed by atoms with Crippen molar-refractivity contribution in [2.75, 3.05) is 13.2 Å². The molecule has 0 radical (unpaired) electrons. The van der Waals surface area contributed by atoms with Gasteiger partial charge in [0.2, 0.25) is 0 Å². The second kappa shape index (κ2) is 4.75. The van der Waals surface area contributed by atoms with Crippen LogP contribution in [0.25, 0.3) is 0 Å². The molecule has 15 heavy (non-hydrogen) atoms. The third-order valence-electron chi connectivity index (χ3n) is 2.70. The molecule has 2 unspecified atom stereocenters. The number of benzene rings is 1. The first kappa shape index (κ1) is 10.6. The zero-order chi connectivity index (χ0) is 10.7. The Morgan fingerprint density at radius 1 is 1.33 bits per heavy atom. The summed E-state index contributed by atoms with van der Waals surface area (Å²) in [6.45, 7) is 3.41. The van der Waals surface area contributed by atoms with Crippen LogP contribution >= 0.6 is 0 Å². The topological polar surface area (TPSA) is 44.5 Å². The fraction of sp³-hybridized carbons (Fsp3) is 0.500. The van der Waals surface area contributed by atoms with Crippen molar-refractivity contribution < 1.29 is 9.47 Å². The third kappa shape index (κ3) is 2.56. The molecule has 1 fully saturated rings. The van der Waals surface area contributed by atoms with Crippen LogP contribution in [0.4, 0.5) is 0 Å². The van der Waals surface area contributed by atoms with Crippen LogP contribution in [-0.4, -0.2) is 25.4 Å². The highest BCUT2D eigenvalue weighted by Crippen LogP contribution is 2.19. The summed E-state index contributed by atoms with van der Waals surface area (Å²) < 4.78 is 10.8. The van der Waals surface area contributed by atoms with Crippen LogP contribution in [0.2, 0.25) is 0 Å². The number of ether oxygens (including phenoxy) is 2. The Morgan fingerprint density at radius 3 is 2.53 bits per heavy atom. The Balaban J connectivity index is 1.91. The zero-order valence-electron chi connectivity index (χ0n) is 8.93. The molecule has 3 nitrogen and oxygen atoms in total. The molecule has 2 rings (SSSR count). The summed E-state index contributed by atoms with van der Waals surface area (Å²) in [6, 6.07) is 9.97. The lowest BCUT2D eigenvalue weighted by molar-refractivity contribution is -0.155. The van der Waals surface area contributed by atoms with Gasteiger partial charge in [0.25, 0.3) is 0 Å². The molecule has 1 aromatic carbocycles. The molecule has 0 bridgehead atoms. The normalized spacial score (nSPS) is 20.7. The summed E-state index contributed by atoms with van der Waals surface area (Å²) in [5, 5.41) is 0. The lowest BCUT2D eigenvalue weighted by atomic mass is 10.0. The van der Waals surface area contributed by atoms with Crippen LogP contribution in [0, 0.1) is 0 Å². The Bertz CT molecular complexity index is 298. The van der Waals surface area contributed by atoms with Crippen molar-refractivity contribution in [2.45, 2.75) is 25.2 Å². The molecule has 0 amide bonds. The first-order valence-corrected chi connectivity index (χ1v) is 5.31. The molecule has 0 saturated carbocycles. The van der Waals surface area contributed by atoms with Crippen LogP contribution in [-0.2, 0) is 9.47 Å². The van der Waals surface area contributed by atoms with E-state index in [1.165, 1.54) is 0 Å². The molecular formula is C12H17NO2. The lowest BCUT2D eigenvalue weighted by Gasteiger charge is -2.31. The molecule has 1 aromatic rings. The molecule has 1 aliphatic heterocycles. The number of hydrogen-bond acceptors (Lipinski definition) is 3. The molecular weight excluding hydrogens is 190 g/mol. The smallest absolute Gasteiger partial charge is 0.105 e. The predicted octanol–water partition coefficient (Wildman–Crippen LogP) is 1.49. The molecule has 1 aliphatic rings. The fourth-order valence-electron chi connectivity index (χ4n) is 1.63. The average Bonchev–Trinajstić information content (AvgIpc) is 2.23. The molecule has 0 spiro atoms. The highest BCUT2D eigenvalue weighted by molar-refractivity contribution is 5.19. The first-order chi connectivity index (χ1) is 7.27. The molecule has 2 atom stereocenters. The van der Waals surface area contributed by atoms with E-state index in [1.54, 1.807) is 0 Å². The maximum Gasteiger partial charge on any atom is 0.105 e. The van der Waals surface area contributed by atoms with E-state index in [1.807, 2.05) is 37.3 Å². The number of nitrogens with two attached hydrogens (primary N) is 1. The Morgan fingerprint density at radius 2 is 2.00 bits per heavy atom. The van der Waals surface area contributed by atoms with E-state index in [0.717, 1.165) is 5.56 Å². The van der Waals surface area contributed by atoms with Gasteiger partial charge in [-0.3, -0.25) is 0 Å². The van der Waals surface area contributed by atoms with Crippen molar-refractivity contribution in [3.8, 4) is 0 Å². The van der Waals surface area contributed by atoms with Gasteiger partial charge in [-0.05, 0) is 12.5 Å². The van der Waals surface area contributed by atoms with Crippen LogP contribution < -0.4 is 5.73 Å². The fourth-order valence-corrected chi connectivity index (χ4v) is 1.63. The van der Waals surface area contributed by atoms with E-state index >= 15 is 0 Å². The SMILES string of the molecule is CC(OC1COC1)C(N)c1ccccc1. The van der Waals surface area contributed by atoms with Crippen LogP contribution in [0.5, 0.6) is 0 Å². The van der Waals surface area contributed by atoms with Crippen molar-refractivity contribution in [2.24, 2.45) is 5.73 Å². The summed E-state index contributed by atoms with van der Waals surface area (Å²) >= 11 is 0. The molecule has 0 aromatic heterocycles. The highest BCUT2D eigenvalue weighted by atomic mass is 16.6. The quantitative estimate of drug-likeness (QED) is 0.813. The molecule has 2 N–H and O–H groups in total. The van der Waals surface area contributed by atoms with Gasteiger partial charge in [0.15, 0.2) is 0 Å². The van der Waals surface area contributed by atoms with Gasteiger partial charge in [0.05, 0.1) is 25.4 Å². The minimum Gasteiger partial charge on any atom is -0.376 e. The van der Waals surface area contributed by atoms with Crippen molar-refractivity contribution in [3.63, 3.8) is 0 Å². The third-order valence-corrected chi connectivity index (χ3v) is 2.70. The van der Waals surface area contributed by atoms with Gasteiger partial charge in [0.1, 0.15) is 6.10 Å². The Labute approximate surface area is 90.2 Å². The van der Waals surface area contributed by atoms with Crippen molar-refractivity contribution >= 4 is 0 Å². The van der Waals surface area contributed by atoms with Gasteiger partial charge in [-0.1, -0.05) is 30.3 Å². The largest absolute Gasteiger partial charge is 0.376 e. The van der Waals surface area contributed by atoms with Crippen molar-refractivity contribution in [1.29, 1.82) is 0 Å². The minimum absolute atomic E-state index is 0.0290. The summed E-state index contributed by atoms with van der Waals surface area (Å²) in [4.78, 5) is 0. The van der Waals surface area contributed by atoms with Gasteiger partial charge in [-0.2, -0.15) is 0 Å². The molecule has 0 aliphatic carbocycles. The minimum atomic E-state index is -0.0631. The van der Waals surface area contributed by atoms with Gasteiger partial charge in [-0.25, -0.2) is 0 Å². The van der Waals surface area contributed by atoms with Crippen molar-refractivity contribution in [3.05, 3.63) is 35.9 Å². The first-order valence-electron chi connectivity index (χ1n) is 5.31. The summed E-state index contributed by atoms with van der Waals surface area (Å²) in [7, 11) is 0. The van der Waals surface area contributed by atoms with Gasteiger partial charge in [0, 0.05) is 0 Å². The molecule has 3 heteroatoms. The summed E-state index contributed by atoms with van der Waals surface area (Å²) in [5.74, 6) is 0. The van der Waals surface area contributed by atoms with Gasteiger partial charge >= 0.3 is 0 Å². The van der Waals surface area contributed by atoms with E-state index in [-0.39, 0.29) is 18.2 Å². The van der Waals surface area contributed by atoms with Crippen LogP contribution in [0.15, 0.2) is 30.3 Å². The van der Waals surface area contributed by atoms with E-state index in [9.17, 15) is 0 Å². The maximum absolute atomic E-state index is 6.10. The Kier molecular flexibility index (Phi) is 3.36. The van der Waals surface area contributed by atoms with E-state index < -0.39 is 0 Å². The molecule has 1 saturated heterocycles.